The van der Waals surface area contributed by atoms with Crippen LogP contribution in [0.15, 0.2) is 42.5 Å². The molecule has 0 spiro atoms. The Labute approximate surface area is 97.8 Å². The zero-order valence-electron chi connectivity index (χ0n) is 8.94. The van der Waals surface area contributed by atoms with Crippen molar-refractivity contribution in [3.05, 3.63) is 48.3 Å². The van der Waals surface area contributed by atoms with Gasteiger partial charge in [-0.05, 0) is 24.3 Å². The Morgan fingerprint density at radius 3 is 2.71 bits per heavy atom. The number of anilines is 2. The predicted molar refractivity (Wildman–Crippen MR) is 62.2 cm³/mol. The summed E-state index contributed by atoms with van der Waals surface area (Å²) < 4.78 is 23.9. The van der Waals surface area contributed by atoms with Crippen LogP contribution >= 0.6 is 0 Å². The van der Waals surface area contributed by atoms with E-state index in [2.05, 4.69) is 5.32 Å². The summed E-state index contributed by atoms with van der Waals surface area (Å²) in [6.07, 6.45) is 0. The minimum absolute atomic E-state index is 0.235. The lowest BCUT2D eigenvalue weighted by atomic mass is 10.2. The van der Waals surface area contributed by atoms with Crippen molar-refractivity contribution >= 4 is 11.4 Å². The summed E-state index contributed by atoms with van der Waals surface area (Å²) in [5.74, 6) is 1.10. The van der Waals surface area contributed by atoms with E-state index in [-0.39, 0.29) is 12.6 Å². The Hall–Kier alpha value is -2.23. The molecule has 0 aliphatic carbocycles. The highest BCUT2D eigenvalue weighted by Crippen LogP contribution is 2.35. The van der Waals surface area contributed by atoms with Gasteiger partial charge >= 0.3 is 0 Å². The minimum atomic E-state index is -0.287. The van der Waals surface area contributed by atoms with Crippen molar-refractivity contribution in [3.63, 3.8) is 0 Å². The molecule has 0 fully saturated rings. The zero-order chi connectivity index (χ0) is 11.7. The molecule has 0 saturated heterocycles. The molecule has 4 heteroatoms. The summed E-state index contributed by atoms with van der Waals surface area (Å²) in [6, 6.07) is 11.9. The average molecular weight is 231 g/mol. The molecule has 86 valence electrons. The molecule has 3 rings (SSSR count). The van der Waals surface area contributed by atoms with Gasteiger partial charge in [0.1, 0.15) is 5.82 Å². The van der Waals surface area contributed by atoms with Crippen LogP contribution in [0, 0.1) is 5.82 Å². The lowest BCUT2D eigenvalue weighted by molar-refractivity contribution is 0.174. The normalized spacial score (nSPS) is 12.5. The van der Waals surface area contributed by atoms with Crippen molar-refractivity contribution in [2.24, 2.45) is 0 Å². The molecule has 0 aromatic heterocycles. The van der Waals surface area contributed by atoms with Gasteiger partial charge in [0.05, 0.1) is 5.69 Å². The van der Waals surface area contributed by atoms with Gasteiger partial charge in [-0.1, -0.05) is 12.1 Å². The monoisotopic (exact) mass is 231 g/mol. The van der Waals surface area contributed by atoms with Crippen molar-refractivity contribution < 1.29 is 13.9 Å². The van der Waals surface area contributed by atoms with Crippen LogP contribution in [-0.4, -0.2) is 6.79 Å². The Balaban J connectivity index is 1.89. The van der Waals surface area contributed by atoms with Crippen LogP contribution in [0.3, 0.4) is 0 Å². The molecule has 0 atom stereocenters. The van der Waals surface area contributed by atoms with Gasteiger partial charge in [0.25, 0.3) is 0 Å². The smallest absolute Gasteiger partial charge is 0.231 e. The highest BCUT2D eigenvalue weighted by molar-refractivity contribution is 5.64. The SMILES string of the molecule is Fc1ccccc1Nc1ccc2c(c1)OCO2. The van der Waals surface area contributed by atoms with Crippen molar-refractivity contribution in [2.45, 2.75) is 0 Å². The van der Waals surface area contributed by atoms with E-state index in [4.69, 9.17) is 9.47 Å². The van der Waals surface area contributed by atoms with Crippen LogP contribution in [0.1, 0.15) is 0 Å². The van der Waals surface area contributed by atoms with Gasteiger partial charge in [0.15, 0.2) is 11.5 Å². The maximum atomic E-state index is 13.4. The van der Waals surface area contributed by atoms with Crippen LogP contribution in [0.25, 0.3) is 0 Å². The molecule has 0 unspecified atom stereocenters. The summed E-state index contributed by atoms with van der Waals surface area (Å²) >= 11 is 0. The van der Waals surface area contributed by atoms with E-state index in [9.17, 15) is 4.39 Å². The molecule has 2 aromatic rings. The maximum Gasteiger partial charge on any atom is 0.231 e. The Bertz CT molecular complexity index is 557. The third-order valence-electron chi connectivity index (χ3n) is 2.53. The second kappa shape index (κ2) is 3.97. The number of hydrogen-bond acceptors (Lipinski definition) is 3. The molecular formula is C13H10FNO2. The number of rotatable bonds is 2. The van der Waals surface area contributed by atoms with Crippen LogP contribution in [-0.2, 0) is 0 Å². The average Bonchev–Trinajstić information content (AvgIpc) is 2.79. The topological polar surface area (TPSA) is 30.5 Å². The highest BCUT2D eigenvalue weighted by Gasteiger charge is 2.13. The summed E-state index contributed by atoms with van der Waals surface area (Å²) in [7, 11) is 0. The molecule has 0 saturated carbocycles. The summed E-state index contributed by atoms with van der Waals surface area (Å²) in [5, 5.41) is 2.99. The van der Waals surface area contributed by atoms with Crippen LogP contribution in [0.5, 0.6) is 11.5 Å². The molecule has 1 aliphatic heterocycles. The summed E-state index contributed by atoms with van der Waals surface area (Å²) in [4.78, 5) is 0. The van der Waals surface area contributed by atoms with E-state index in [1.807, 2.05) is 6.07 Å². The van der Waals surface area contributed by atoms with Gasteiger partial charge in [0.2, 0.25) is 6.79 Å². The number of hydrogen-bond donors (Lipinski definition) is 1. The Morgan fingerprint density at radius 1 is 1.00 bits per heavy atom. The van der Waals surface area contributed by atoms with E-state index < -0.39 is 0 Å². The number of halogens is 1. The standard InChI is InChI=1S/C13H10FNO2/c14-10-3-1-2-4-11(10)15-9-5-6-12-13(7-9)17-8-16-12/h1-7,15H,8H2. The number of nitrogens with one attached hydrogen (secondary N) is 1. The number of para-hydroxylation sites is 1. The number of fused-ring (bicyclic) bond motifs is 1. The van der Waals surface area contributed by atoms with Crippen LogP contribution < -0.4 is 14.8 Å². The third-order valence-corrected chi connectivity index (χ3v) is 2.53. The predicted octanol–water partition coefficient (Wildman–Crippen LogP) is 3.30. The first-order valence-corrected chi connectivity index (χ1v) is 5.24. The second-order valence-corrected chi connectivity index (χ2v) is 3.67. The fourth-order valence-electron chi connectivity index (χ4n) is 1.69. The molecule has 0 bridgehead atoms. The molecule has 0 amide bonds. The first kappa shape index (κ1) is 9.96. The largest absolute Gasteiger partial charge is 0.454 e. The fraction of sp³-hybridized carbons (Fsp3) is 0.0769. The van der Waals surface area contributed by atoms with E-state index in [0.29, 0.717) is 17.2 Å². The number of benzene rings is 2. The van der Waals surface area contributed by atoms with E-state index >= 15 is 0 Å². The minimum Gasteiger partial charge on any atom is -0.454 e. The van der Waals surface area contributed by atoms with Gasteiger partial charge in [-0.15, -0.1) is 0 Å². The molecule has 1 aliphatic rings. The van der Waals surface area contributed by atoms with Crippen molar-refractivity contribution in [2.75, 3.05) is 12.1 Å². The third kappa shape index (κ3) is 1.89. The van der Waals surface area contributed by atoms with Gasteiger partial charge in [-0.3, -0.25) is 0 Å². The first-order valence-electron chi connectivity index (χ1n) is 5.24. The highest BCUT2D eigenvalue weighted by atomic mass is 19.1. The van der Waals surface area contributed by atoms with Gasteiger partial charge in [-0.2, -0.15) is 0 Å². The zero-order valence-corrected chi connectivity index (χ0v) is 8.94. The summed E-state index contributed by atoms with van der Waals surface area (Å²) in [6.45, 7) is 0.235. The maximum absolute atomic E-state index is 13.4. The van der Waals surface area contributed by atoms with Crippen molar-refractivity contribution in [3.8, 4) is 11.5 Å². The molecule has 2 aromatic carbocycles. The second-order valence-electron chi connectivity index (χ2n) is 3.67. The lowest BCUT2D eigenvalue weighted by Crippen LogP contribution is -1.93. The van der Waals surface area contributed by atoms with E-state index in [0.717, 1.165) is 5.69 Å². The first-order chi connectivity index (χ1) is 8.33. The molecule has 3 nitrogen and oxygen atoms in total. The van der Waals surface area contributed by atoms with Crippen LogP contribution in [0.4, 0.5) is 15.8 Å². The Kier molecular flexibility index (Phi) is 2.33. The lowest BCUT2D eigenvalue weighted by Gasteiger charge is -2.07. The molecule has 1 N–H and O–H groups in total. The van der Waals surface area contributed by atoms with Crippen molar-refractivity contribution in [1.29, 1.82) is 0 Å². The van der Waals surface area contributed by atoms with Crippen LogP contribution in [0.2, 0.25) is 0 Å². The Morgan fingerprint density at radius 2 is 1.82 bits per heavy atom. The van der Waals surface area contributed by atoms with Gasteiger partial charge < -0.3 is 14.8 Å². The molecular weight excluding hydrogens is 221 g/mol. The van der Waals surface area contributed by atoms with Gasteiger partial charge in [0, 0.05) is 11.8 Å². The quantitative estimate of drug-likeness (QED) is 0.860. The van der Waals surface area contributed by atoms with E-state index in [1.54, 1.807) is 30.3 Å². The van der Waals surface area contributed by atoms with Crippen molar-refractivity contribution in [1.82, 2.24) is 0 Å². The fourth-order valence-corrected chi connectivity index (χ4v) is 1.69. The molecule has 0 radical (unpaired) electrons. The number of ether oxygens (including phenoxy) is 2. The van der Waals surface area contributed by atoms with E-state index in [1.165, 1.54) is 6.07 Å². The summed E-state index contributed by atoms with van der Waals surface area (Å²) in [5.41, 5.74) is 1.20. The van der Waals surface area contributed by atoms with Gasteiger partial charge in [-0.25, -0.2) is 4.39 Å². The molecule has 1 heterocycles. The molecule has 17 heavy (non-hydrogen) atoms.